The summed E-state index contributed by atoms with van der Waals surface area (Å²) < 4.78 is 0. The quantitative estimate of drug-likeness (QED) is 0.395. The average molecular weight is 447 g/mol. The second-order valence-electron chi connectivity index (χ2n) is 13.1. The molecule has 0 heteroatoms. The van der Waals surface area contributed by atoms with E-state index in [-0.39, 0.29) is 0 Å². The van der Waals surface area contributed by atoms with Crippen molar-refractivity contribution in [2.45, 2.75) is 182 Å². The molecule has 2 aliphatic carbocycles. The Bertz CT molecular complexity index is 417. The highest BCUT2D eigenvalue weighted by Gasteiger charge is 2.42. The zero-order chi connectivity index (χ0) is 23.1. The van der Waals surface area contributed by atoms with Crippen LogP contribution in [-0.2, 0) is 0 Å². The van der Waals surface area contributed by atoms with Crippen LogP contribution in [0.2, 0.25) is 0 Å². The van der Waals surface area contributed by atoms with E-state index in [1.165, 1.54) is 154 Å². The minimum absolute atomic E-state index is 0.567. The first kappa shape index (κ1) is 28.2. The maximum atomic E-state index is 2.74. The van der Waals surface area contributed by atoms with Crippen molar-refractivity contribution in [1.29, 1.82) is 0 Å². The third-order valence-corrected chi connectivity index (χ3v) is 10.2. The molecule has 2 rings (SSSR count). The average Bonchev–Trinajstić information content (AvgIpc) is 2.78. The molecule has 0 N–H and O–H groups in total. The summed E-state index contributed by atoms with van der Waals surface area (Å²) in [5.41, 5.74) is 1.14. The molecule has 2 saturated carbocycles. The lowest BCUT2D eigenvalue weighted by Gasteiger charge is -2.48. The smallest absolute Gasteiger partial charge is 0.0272 e. The van der Waals surface area contributed by atoms with Crippen molar-refractivity contribution >= 4 is 0 Å². The molecule has 0 bridgehead atoms. The van der Waals surface area contributed by atoms with Gasteiger partial charge in [-0.3, -0.25) is 0 Å². The normalized spacial score (nSPS) is 31.6. The van der Waals surface area contributed by atoms with Gasteiger partial charge in [0, 0.05) is 0 Å². The van der Waals surface area contributed by atoms with E-state index >= 15 is 0 Å². The lowest BCUT2D eigenvalue weighted by atomic mass is 9.57. The molecule has 0 aromatic rings. The maximum Gasteiger partial charge on any atom is -0.0272 e. The summed E-state index contributed by atoms with van der Waals surface area (Å²) in [6.45, 7) is 10.4. The molecule has 0 saturated heterocycles. The molecule has 0 spiro atoms. The summed E-state index contributed by atoms with van der Waals surface area (Å²) in [6, 6.07) is 0. The fourth-order valence-corrected chi connectivity index (χ4v) is 7.26. The first-order valence-electron chi connectivity index (χ1n) is 15.5. The van der Waals surface area contributed by atoms with Gasteiger partial charge in [0.15, 0.2) is 0 Å². The Morgan fingerprint density at radius 3 is 0.938 bits per heavy atom. The fraction of sp³-hybridized carbons (Fsp3) is 1.00. The zero-order valence-electron chi connectivity index (χ0n) is 23.1. The van der Waals surface area contributed by atoms with Gasteiger partial charge in [0.1, 0.15) is 0 Å². The molecule has 0 radical (unpaired) electrons. The van der Waals surface area contributed by atoms with Crippen molar-refractivity contribution in [2.75, 3.05) is 0 Å². The molecule has 0 atom stereocenters. The Kier molecular flexibility index (Phi) is 14.0. The van der Waals surface area contributed by atoms with Crippen molar-refractivity contribution in [2.24, 2.45) is 22.7 Å². The Labute approximate surface area is 204 Å². The largest absolute Gasteiger partial charge is 0.0625 e. The predicted octanol–water partition coefficient (Wildman–Crippen LogP) is 11.7. The lowest BCUT2D eigenvalue weighted by molar-refractivity contribution is 0.0207. The van der Waals surface area contributed by atoms with Crippen molar-refractivity contribution in [3.05, 3.63) is 0 Å². The van der Waals surface area contributed by atoms with Crippen molar-refractivity contribution in [3.63, 3.8) is 0 Å². The first-order chi connectivity index (χ1) is 15.5. The monoisotopic (exact) mass is 446 g/mol. The Morgan fingerprint density at radius 2 is 0.656 bits per heavy atom. The molecule has 0 amide bonds. The van der Waals surface area contributed by atoms with Crippen LogP contribution in [0.1, 0.15) is 182 Å². The number of hydrogen-bond acceptors (Lipinski definition) is 0. The van der Waals surface area contributed by atoms with E-state index in [0.717, 1.165) is 11.8 Å². The van der Waals surface area contributed by atoms with Crippen LogP contribution in [0.25, 0.3) is 0 Å². The summed E-state index contributed by atoms with van der Waals surface area (Å²) in [4.78, 5) is 0. The molecule has 0 aromatic heterocycles. The number of rotatable bonds is 2. The summed E-state index contributed by atoms with van der Waals surface area (Å²) in [5, 5.41) is 0. The molecule has 0 aromatic carbocycles. The standard InChI is InChI=1S/C32H62/c1-29(2)30-23-17-11-15-21-27-32(4,28-22-16-12-18-24-30)31(3)25-19-13-9-7-5-6-8-10-14-20-26-31/h29-30H,5-28H2,1-4H3. The Morgan fingerprint density at radius 1 is 0.406 bits per heavy atom. The highest BCUT2D eigenvalue weighted by molar-refractivity contribution is 4.92. The van der Waals surface area contributed by atoms with Gasteiger partial charge in [-0.1, -0.05) is 156 Å². The van der Waals surface area contributed by atoms with E-state index in [9.17, 15) is 0 Å². The van der Waals surface area contributed by atoms with Crippen LogP contribution in [-0.4, -0.2) is 0 Å². The van der Waals surface area contributed by atoms with Gasteiger partial charge in [0.25, 0.3) is 0 Å². The molecule has 0 aliphatic heterocycles. The fourth-order valence-electron chi connectivity index (χ4n) is 7.26. The summed E-state index contributed by atoms with van der Waals surface area (Å²) in [7, 11) is 0. The topological polar surface area (TPSA) is 0 Å². The van der Waals surface area contributed by atoms with E-state index < -0.39 is 0 Å². The van der Waals surface area contributed by atoms with Crippen LogP contribution in [0.4, 0.5) is 0 Å². The molecule has 32 heavy (non-hydrogen) atoms. The molecule has 0 unspecified atom stereocenters. The zero-order valence-corrected chi connectivity index (χ0v) is 23.1. The van der Waals surface area contributed by atoms with Gasteiger partial charge in [0.05, 0.1) is 0 Å². The third-order valence-electron chi connectivity index (χ3n) is 10.2. The van der Waals surface area contributed by atoms with Crippen LogP contribution in [0, 0.1) is 22.7 Å². The van der Waals surface area contributed by atoms with Crippen molar-refractivity contribution < 1.29 is 0 Å². The highest BCUT2D eigenvalue weighted by atomic mass is 14.5. The minimum atomic E-state index is 0.567. The van der Waals surface area contributed by atoms with Gasteiger partial charge in [-0.15, -0.1) is 0 Å². The Hall–Kier alpha value is 0. The van der Waals surface area contributed by atoms with Crippen molar-refractivity contribution in [1.82, 2.24) is 0 Å². The maximum absolute atomic E-state index is 2.74. The molecule has 2 fully saturated rings. The molecular formula is C32H62. The van der Waals surface area contributed by atoms with Crippen LogP contribution in [0.5, 0.6) is 0 Å². The SMILES string of the molecule is CC(C)C1CCCCCCC(C)(C2(C)CCCCCCCCCCCC2)CCCCCC1. The second-order valence-corrected chi connectivity index (χ2v) is 13.1. The van der Waals surface area contributed by atoms with Gasteiger partial charge in [-0.25, -0.2) is 0 Å². The van der Waals surface area contributed by atoms with Crippen LogP contribution in [0.3, 0.4) is 0 Å². The van der Waals surface area contributed by atoms with Gasteiger partial charge in [0.2, 0.25) is 0 Å². The summed E-state index contributed by atoms with van der Waals surface area (Å²) in [5.74, 6) is 1.87. The third kappa shape index (κ3) is 10.1. The van der Waals surface area contributed by atoms with Crippen LogP contribution < -0.4 is 0 Å². The predicted molar refractivity (Wildman–Crippen MR) is 145 cm³/mol. The summed E-state index contributed by atoms with van der Waals surface area (Å²) in [6.07, 6.45) is 35.7. The van der Waals surface area contributed by atoms with Gasteiger partial charge in [-0.2, -0.15) is 0 Å². The van der Waals surface area contributed by atoms with E-state index in [1.54, 1.807) is 0 Å². The van der Waals surface area contributed by atoms with Gasteiger partial charge < -0.3 is 0 Å². The van der Waals surface area contributed by atoms with Crippen LogP contribution in [0.15, 0.2) is 0 Å². The van der Waals surface area contributed by atoms with E-state index in [1.807, 2.05) is 0 Å². The first-order valence-corrected chi connectivity index (χ1v) is 15.5. The summed E-state index contributed by atoms with van der Waals surface area (Å²) >= 11 is 0. The van der Waals surface area contributed by atoms with Gasteiger partial charge >= 0.3 is 0 Å². The Balaban J connectivity index is 2.01. The molecule has 0 nitrogen and oxygen atoms in total. The molecule has 0 heterocycles. The highest BCUT2D eigenvalue weighted by Crippen LogP contribution is 2.53. The molecule has 190 valence electrons. The molecular weight excluding hydrogens is 384 g/mol. The van der Waals surface area contributed by atoms with E-state index in [4.69, 9.17) is 0 Å². The van der Waals surface area contributed by atoms with Crippen LogP contribution >= 0.6 is 0 Å². The van der Waals surface area contributed by atoms with E-state index in [2.05, 4.69) is 27.7 Å². The van der Waals surface area contributed by atoms with E-state index in [0.29, 0.717) is 10.8 Å². The van der Waals surface area contributed by atoms with Gasteiger partial charge in [-0.05, 0) is 48.3 Å². The minimum Gasteiger partial charge on any atom is -0.0625 e. The number of hydrogen-bond donors (Lipinski definition) is 0. The molecule has 2 aliphatic rings. The second kappa shape index (κ2) is 15.8. The lowest BCUT2D eigenvalue weighted by Crippen LogP contribution is -2.38. The van der Waals surface area contributed by atoms with Crippen molar-refractivity contribution in [3.8, 4) is 0 Å².